The van der Waals surface area contributed by atoms with Crippen molar-refractivity contribution in [1.29, 1.82) is 0 Å². The average molecular weight is 887 g/mol. The van der Waals surface area contributed by atoms with E-state index in [2.05, 4.69) is 0 Å². The topological polar surface area (TPSA) is 140 Å². The Morgan fingerprint density at radius 1 is 0.391 bits per heavy atom. The number of hydrogen-bond donors (Lipinski definition) is 3. The highest BCUT2D eigenvalue weighted by Crippen LogP contribution is 2.43. The maximum absolute atomic E-state index is 13.9. The maximum Gasteiger partial charge on any atom is 0.423 e. The number of rotatable bonds is 14. The molecule has 0 fully saturated rings. The van der Waals surface area contributed by atoms with Gasteiger partial charge in [0.2, 0.25) is 0 Å². The molecule has 356 valence electrons. The van der Waals surface area contributed by atoms with Gasteiger partial charge in [-0.2, -0.15) is 0 Å². The summed E-state index contributed by atoms with van der Waals surface area (Å²) in [5, 5.41) is 33.9. The van der Waals surface area contributed by atoms with Gasteiger partial charge in [0.25, 0.3) is 0 Å². The highest BCUT2D eigenvalue weighted by Gasteiger charge is 2.43. The molecule has 0 unspecified atom stereocenters. The molecule has 0 saturated carbocycles. The first-order valence-electron chi connectivity index (χ1n) is 23.2. The van der Waals surface area contributed by atoms with Gasteiger partial charge in [0, 0.05) is 19.3 Å². The third-order valence-electron chi connectivity index (χ3n) is 11.6. The number of benzene rings is 3. The van der Waals surface area contributed by atoms with Crippen LogP contribution >= 0.6 is 0 Å². The summed E-state index contributed by atoms with van der Waals surface area (Å²) in [6.45, 7) is 38.3. The first kappa shape index (κ1) is 53.8. The Kier molecular flexibility index (Phi) is 16.4. The van der Waals surface area contributed by atoms with Crippen LogP contribution in [0.3, 0.4) is 0 Å². The van der Waals surface area contributed by atoms with Gasteiger partial charge in [0.15, 0.2) is 0 Å². The predicted molar refractivity (Wildman–Crippen MR) is 257 cm³/mol. The Morgan fingerprint density at radius 3 is 0.734 bits per heavy atom. The number of carbonyl (C=O) groups is 3. The average Bonchev–Trinajstić information content (AvgIpc) is 3.10. The molecule has 3 aromatic carbocycles. The summed E-state index contributed by atoms with van der Waals surface area (Å²) < 4.78 is 18.0. The largest absolute Gasteiger partial charge is 0.507 e. The molecule has 0 heterocycles. The summed E-state index contributed by atoms with van der Waals surface area (Å²) in [6, 6.07) is 11.5. The van der Waals surface area contributed by atoms with Crippen LogP contribution < -0.4 is 0 Å². The zero-order chi connectivity index (χ0) is 49.2. The number of phenolic OH excluding ortho intramolecular Hbond substituents is 3. The fourth-order valence-corrected chi connectivity index (χ4v) is 7.88. The van der Waals surface area contributed by atoms with Gasteiger partial charge in [-0.15, -0.1) is 0 Å². The van der Waals surface area contributed by atoms with E-state index in [9.17, 15) is 29.7 Å². The minimum absolute atomic E-state index is 0.0963. The number of carbonyl (C=O) groups excluding carboxylic acids is 3. The molecule has 0 bridgehead atoms. The third-order valence-corrected chi connectivity index (χ3v) is 11.6. The van der Waals surface area contributed by atoms with Gasteiger partial charge in [0.1, 0.15) is 17.2 Å². The monoisotopic (exact) mass is 887 g/mol. The van der Waals surface area contributed by atoms with Gasteiger partial charge in [-0.05, 0) is 108 Å². The van der Waals surface area contributed by atoms with E-state index in [1.165, 1.54) is 0 Å². The van der Waals surface area contributed by atoms with E-state index in [-0.39, 0.29) is 94.7 Å². The van der Waals surface area contributed by atoms with E-state index >= 15 is 0 Å². The summed E-state index contributed by atoms with van der Waals surface area (Å²) >= 11 is 0. The lowest BCUT2D eigenvalue weighted by molar-refractivity contribution is -0.332. The van der Waals surface area contributed by atoms with Crippen molar-refractivity contribution < 1.29 is 43.9 Å². The van der Waals surface area contributed by atoms with Gasteiger partial charge in [-0.25, -0.2) is 0 Å². The number of ether oxygens (including phenoxy) is 3. The number of aromatic hydroxyl groups is 3. The number of aryl methyl sites for hydroxylation is 3. The minimum Gasteiger partial charge on any atom is -0.507 e. The van der Waals surface area contributed by atoms with Crippen molar-refractivity contribution in [2.45, 2.75) is 221 Å². The van der Waals surface area contributed by atoms with Crippen molar-refractivity contribution in [2.24, 2.45) is 0 Å². The molecular formula is C55H82O9. The Morgan fingerprint density at radius 2 is 0.578 bits per heavy atom. The lowest BCUT2D eigenvalue weighted by Gasteiger charge is -2.31. The molecule has 0 atom stereocenters. The number of hydrogen-bond acceptors (Lipinski definition) is 9. The van der Waals surface area contributed by atoms with Crippen molar-refractivity contribution in [3.63, 3.8) is 0 Å². The van der Waals surface area contributed by atoms with Crippen molar-refractivity contribution in [3.05, 3.63) is 86.5 Å². The molecule has 64 heavy (non-hydrogen) atoms. The van der Waals surface area contributed by atoms with Crippen LogP contribution in [0.25, 0.3) is 0 Å². The number of esters is 3. The molecule has 0 aromatic heterocycles. The van der Waals surface area contributed by atoms with Crippen LogP contribution in [0.2, 0.25) is 0 Å². The fourth-order valence-electron chi connectivity index (χ4n) is 7.88. The Bertz CT molecular complexity index is 1810. The molecule has 9 heteroatoms. The van der Waals surface area contributed by atoms with Gasteiger partial charge >= 0.3 is 23.9 Å². The zero-order valence-electron chi connectivity index (χ0n) is 42.9. The summed E-state index contributed by atoms with van der Waals surface area (Å²) in [7, 11) is 0. The summed E-state index contributed by atoms with van der Waals surface area (Å²) in [5.41, 5.74) is 4.86. The second-order valence-corrected chi connectivity index (χ2v) is 24.0. The Balaban J connectivity index is 2.02. The molecule has 0 saturated heterocycles. The summed E-state index contributed by atoms with van der Waals surface area (Å²) in [4.78, 5) is 41.8. The van der Waals surface area contributed by atoms with Crippen LogP contribution in [0.4, 0.5) is 0 Å². The van der Waals surface area contributed by atoms with Gasteiger partial charge < -0.3 is 29.5 Å². The zero-order valence-corrected chi connectivity index (χ0v) is 42.9. The second-order valence-electron chi connectivity index (χ2n) is 24.0. The summed E-state index contributed by atoms with van der Waals surface area (Å²) in [5.74, 6) is -3.78. The van der Waals surface area contributed by atoms with Crippen LogP contribution in [0.1, 0.15) is 214 Å². The van der Waals surface area contributed by atoms with Crippen LogP contribution in [0.15, 0.2) is 36.4 Å². The molecule has 9 nitrogen and oxygen atoms in total. The van der Waals surface area contributed by atoms with E-state index in [1.807, 2.05) is 168 Å². The van der Waals surface area contributed by atoms with Crippen molar-refractivity contribution in [2.75, 3.05) is 0 Å². The first-order chi connectivity index (χ1) is 28.9. The van der Waals surface area contributed by atoms with Crippen LogP contribution in [-0.4, -0.2) is 39.2 Å². The smallest absolute Gasteiger partial charge is 0.423 e. The molecule has 0 radical (unpaired) electrons. The molecule has 0 aliphatic rings. The predicted octanol–water partition coefficient (Wildman–Crippen LogP) is 12.9. The number of phenols is 3. The molecular weight excluding hydrogens is 805 g/mol. The Labute approximate surface area is 385 Å². The molecule has 0 spiro atoms. The van der Waals surface area contributed by atoms with Crippen molar-refractivity contribution in [1.82, 2.24) is 0 Å². The molecule has 3 aromatic rings. The third kappa shape index (κ3) is 14.2. The van der Waals surface area contributed by atoms with E-state index < -0.39 is 23.9 Å². The summed E-state index contributed by atoms with van der Waals surface area (Å²) in [6.07, 6.45) is 0.683. The van der Waals surface area contributed by atoms with E-state index in [1.54, 1.807) is 0 Å². The van der Waals surface area contributed by atoms with E-state index in [0.29, 0.717) is 6.42 Å². The molecule has 0 amide bonds. The SMILES string of the molecule is CCCC(OC(=O)CCc1cc(C(C)(C)C)c(O)c(C(C)(C)C)c1)(OC(=O)CCc1cc(C(C)(C)C)c(O)c(C(C)(C)C)c1)OC(=O)CCc1cc(C(C)(C)C)c(O)c(C(C)(C)C)c1. The molecule has 3 N–H and O–H groups in total. The van der Waals surface area contributed by atoms with Crippen LogP contribution in [0, 0.1) is 0 Å². The second kappa shape index (κ2) is 19.5. The highest BCUT2D eigenvalue weighted by molar-refractivity contribution is 5.74. The van der Waals surface area contributed by atoms with E-state index in [4.69, 9.17) is 14.2 Å². The van der Waals surface area contributed by atoms with Crippen molar-refractivity contribution >= 4 is 17.9 Å². The van der Waals surface area contributed by atoms with Gasteiger partial charge in [-0.1, -0.05) is 168 Å². The Hall–Kier alpha value is -4.53. The lowest BCUT2D eigenvalue weighted by Crippen LogP contribution is -2.44. The van der Waals surface area contributed by atoms with Crippen LogP contribution in [0.5, 0.6) is 17.2 Å². The minimum atomic E-state index is -2.33. The van der Waals surface area contributed by atoms with E-state index in [0.717, 1.165) is 50.1 Å². The van der Waals surface area contributed by atoms with Crippen molar-refractivity contribution in [3.8, 4) is 17.2 Å². The highest BCUT2D eigenvalue weighted by atomic mass is 16.9. The maximum atomic E-state index is 13.9. The molecule has 0 aliphatic heterocycles. The molecule has 0 aliphatic carbocycles. The quantitative estimate of drug-likeness (QED) is 0.107. The fraction of sp³-hybridized carbons (Fsp3) is 0.618. The normalized spacial score (nSPS) is 13.2. The lowest BCUT2D eigenvalue weighted by atomic mass is 9.78. The standard InChI is InChI=1S/C55H82O9/c1-20-27-55(62-43(56)24-21-34-28-37(49(2,3)4)46(59)38(29-34)50(5,6)7,63-44(57)25-22-35-30-39(51(8,9)10)47(60)40(31-35)52(11,12)13)64-45(58)26-23-36-32-41(53(14,15)16)48(61)42(33-36)54(17,18)19/h28-33,59-61H,20-27H2,1-19H3. The first-order valence-corrected chi connectivity index (χ1v) is 23.2. The van der Waals surface area contributed by atoms with Crippen LogP contribution in [-0.2, 0) is 80.3 Å². The molecule has 3 rings (SSSR count). The van der Waals surface area contributed by atoms with Gasteiger partial charge in [0.05, 0.1) is 6.42 Å². The van der Waals surface area contributed by atoms with Gasteiger partial charge in [-0.3, -0.25) is 14.4 Å².